The topological polar surface area (TPSA) is 55.6 Å². The van der Waals surface area contributed by atoms with E-state index in [1.165, 1.54) is 0 Å². The van der Waals surface area contributed by atoms with Gasteiger partial charge in [-0.3, -0.25) is 4.79 Å². The van der Waals surface area contributed by atoms with E-state index < -0.39 is 0 Å². The molecule has 0 saturated carbocycles. The Morgan fingerprint density at radius 1 is 1.38 bits per heavy atom. The average Bonchev–Trinajstić information content (AvgIpc) is 2.48. The van der Waals surface area contributed by atoms with Gasteiger partial charge in [-0.2, -0.15) is 0 Å². The maximum absolute atomic E-state index is 12.1. The maximum atomic E-state index is 12.1. The first kappa shape index (κ1) is 16.4. The number of hydrogen-bond acceptors (Lipinski definition) is 3. The van der Waals surface area contributed by atoms with Gasteiger partial charge in [-0.25, -0.2) is 0 Å². The first-order chi connectivity index (χ1) is 9.97. The molecule has 4 nitrogen and oxygen atoms in total. The second-order valence-electron chi connectivity index (χ2n) is 5.44. The van der Waals surface area contributed by atoms with E-state index in [4.69, 9.17) is 33.7 Å². The number of amides is 1. The Bertz CT molecular complexity index is 500. The van der Waals surface area contributed by atoms with E-state index in [-0.39, 0.29) is 18.6 Å². The third-order valence-corrected chi connectivity index (χ3v) is 4.63. The third-order valence-electron chi connectivity index (χ3n) is 3.89. The van der Waals surface area contributed by atoms with Gasteiger partial charge in [0.15, 0.2) is 6.61 Å². The smallest absolute Gasteiger partial charge is 0.260 e. The molecule has 1 aliphatic rings. The van der Waals surface area contributed by atoms with Crippen LogP contribution in [0.1, 0.15) is 19.8 Å². The highest BCUT2D eigenvalue weighted by Crippen LogP contribution is 2.26. The van der Waals surface area contributed by atoms with Crippen LogP contribution in [0, 0.1) is 5.92 Å². The Hall–Kier alpha value is -0.970. The van der Waals surface area contributed by atoms with Gasteiger partial charge in [0, 0.05) is 25.2 Å². The van der Waals surface area contributed by atoms with Crippen molar-refractivity contribution >= 4 is 29.1 Å². The summed E-state index contributed by atoms with van der Waals surface area (Å²) in [5.41, 5.74) is 5.90. The zero-order valence-corrected chi connectivity index (χ0v) is 13.5. The molecule has 116 valence electrons. The summed E-state index contributed by atoms with van der Waals surface area (Å²) < 4.78 is 5.47. The van der Waals surface area contributed by atoms with Crippen molar-refractivity contribution in [3.63, 3.8) is 0 Å². The van der Waals surface area contributed by atoms with Gasteiger partial charge in [0.25, 0.3) is 5.91 Å². The summed E-state index contributed by atoms with van der Waals surface area (Å²) in [5.74, 6) is 1.04. The van der Waals surface area contributed by atoms with E-state index in [0.717, 1.165) is 25.9 Å². The van der Waals surface area contributed by atoms with Gasteiger partial charge in [-0.05, 0) is 37.8 Å². The number of nitrogens with two attached hydrogens (primary N) is 1. The number of hydrogen-bond donors (Lipinski definition) is 1. The van der Waals surface area contributed by atoms with Gasteiger partial charge >= 0.3 is 0 Å². The molecule has 1 aliphatic heterocycles. The fourth-order valence-corrected chi connectivity index (χ4v) is 2.77. The molecule has 2 rings (SSSR count). The summed E-state index contributed by atoms with van der Waals surface area (Å²) in [7, 11) is 0. The van der Waals surface area contributed by atoms with E-state index in [0.29, 0.717) is 21.7 Å². The average molecular weight is 331 g/mol. The minimum atomic E-state index is -0.0100. The summed E-state index contributed by atoms with van der Waals surface area (Å²) in [6.45, 7) is 3.53. The number of piperidine rings is 1. The molecule has 0 radical (unpaired) electrons. The van der Waals surface area contributed by atoms with Gasteiger partial charge in [-0.1, -0.05) is 23.2 Å². The van der Waals surface area contributed by atoms with Crippen molar-refractivity contribution in [2.75, 3.05) is 19.7 Å². The zero-order valence-electron chi connectivity index (χ0n) is 12.0. The van der Waals surface area contributed by atoms with Crippen LogP contribution in [0.5, 0.6) is 5.75 Å². The molecule has 0 spiro atoms. The number of benzene rings is 1. The summed E-state index contributed by atoms with van der Waals surface area (Å²) >= 11 is 11.7. The van der Waals surface area contributed by atoms with Crippen LogP contribution >= 0.6 is 23.2 Å². The number of likely N-dealkylation sites (tertiary alicyclic amines) is 1. The number of carbonyl (C=O) groups is 1. The standard InChI is InChI=1S/C15H20Cl2N2O2/c1-10(18)11-4-6-19(7-5-11)15(20)9-21-12-2-3-13(16)14(17)8-12/h2-3,8,10-11H,4-7,9,18H2,1H3. The minimum Gasteiger partial charge on any atom is -0.484 e. The summed E-state index contributed by atoms with van der Waals surface area (Å²) in [6.07, 6.45) is 1.91. The minimum absolute atomic E-state index is 0.0100. The third kappa shape index (κ3) is 4.50. The van der Waals surface area contributed by atoms with Crippen LogP contribution in [0.3, 0.4) is 0 Å². The van der Waals surface area contributed by atoms with Crippen LogP contribution < -0.4 is 10.5 Å². The highest BCUT2D eigenvalue weighted by atomic mass is 35.5. The summed E-state index contributed by atoms with van der Waals surface area (Å²) in [5, 5.41) is 0.882. The number of carbonyl (C=O) groups excluding carboxylic acids is 1. The van der Waals surface area contributed by atoms with E-state index in [9.17, 15) is 4.79 Å². The van der Waals surface area contributed by atoms with Crippen molar-refractivity contribution in [2.45, 2.75) is 25.8 Å². The number of ether oxygens (including phenoxy) is 1. The van der Waals surface area contributed by atoms with Crippen LogP contribution in [0.2, 0.25) is 10.0 Å². The molecule has 1 fully saturated rings. The molecule has 1 saturated heterocycles. The summed E-state index contributed by atoms with van der Waals surface area (Å²) in [4.78, 5) is 13.9. The fraction of sp³-hybridized carbons (Fsp3) is 0.533. The van der Waals surface area contributed by atoms with Crippen LogP contribution in [-0.2, 0) is 4.79 Å². The molecule has 0 aromatic heterocycles. The predicted octanol–water partition coefficient (Wildman–Crippen LogP) is 2.96. The van der Waals surface area contributed by atoms with Crippen molar-refractivity contribution in [1.29, 1.82) is 0 Å². The molecule has 1 aromatic rings. The lowest BCUT2D eigenvalue weighted by Gasteiger charge is -2.33. The van der Waals surface area contributed by atoms with E-state index >= 15 is 0 Å². The molecule has 2 N–H and O–H groups in total. The monoisotopic (exact) mass is 330 g/mol. The Kier molecular flexibility index (Phi) is 5.73. The maximum Gasteiger partial charge on any atom is 0.260 e. The van der Waals surface area contributed by atoms with Crippen LogP contribution in [0.4, 0.5) is 0 Å². The summed E-state index contributed by atoms with van der Waals surface area (Å²) in [6, 6.07) is 5.15. The SMILES string of the molecule is CC(N)C1CCN(C(=O)COc2ccc(Cl)c(Cl)c2)CC1. The molecule has 1 unspecified atom stereocenters. The Morgan fingerprint density at radius 2 is 2.05 bits per heavy atom. The van der Waals surface area contributed by atoms with Gasteiger partial charge in [0.1, 0.15) is 5.75 Å². The van der Waals surface area contributed by atoms with E-state index in [1.807, 2.05) is 11.8 Å². The number of rotatable bonds is 4. The van der Waals surface area contributed by atoms with Crippen molar-refractivity contribution in [1.82, 2.24) is 4.90 Å². The first-order valence-corrected chi connectivity index (χ1v) is 7.84. The second-order valence-corrected chi connectivity index (χ2v) is 6.26. The second kappa shape index (κ2) is 7.34. The van der Waals surface area contributed by atoms with Crippen molar-refractivity contribution < 1.29 is 9.53 Å². The lowest BCUT2D eigenvalue weighted by atomic mass is 9.91. The van der Waals surface area contributed by atoms with E-state index in [2.05, 4.69) is 0 Å². The highest BCUT2D eigenvalue weighted by Gasteiger charge is 2.24. The van der Waals surface area contributed by atoms with Crippen LogP contribution in [0.15, 0.2) is 18.2 Å². The molecule has 1 amide bonds. The molecule has 0 aliphatic carbocycles. The van der Waals surface area contributed by atoms with Gasteiger partial charge < -0.3 is 15.4 Å². The quantitative estimate of drug-likeness (QED) is 0.923. The van der Waals surface area contributed by atoms with Gasteiger partial charge in [0.2, 0.25) is 0 Å². The predicted molar refractivity (Wildman–Crippen MR) is 84.9 cm³/mol. The molecule has 1 heterocycles. The largest absolute Gasteiger partial charge is 0.484 e. The highest BCUT2D eigenvalue weighted by molar-refractivity contribution is 6.42. The van der Waals surface area contributed by atoms with E-state index in [1.54, 1.807) is 18.2 Å². The molecule has 1 atom stereocenters. The first-order valence-electron chi connectivity index (χ1n) is 7.08. The lowest BCUT2D eigenvalue weighted by molar-refractivity contribution is -0.134. The molecule has 6 heteroatoms. The molecular weight excluding hydrogens is 311 g/mol. The van der Waals surface area contributed by atoms with Gasteiger partial charge in [0.05, 0.1) is 10.0 Å². The van der Waals surface area contributed by atoms with Crippen molar-refractivity contribution in [3.8, 4) is 5.75 Å². The normalized spacial score (nSPS) is 17.6. The van der Waals surface area contributed by atoms with Crippen molar-refractivity contribution in [2.24, 2.45) is 11.7 Å². The van der Waals surface area contributed by atoms with Gasteiger partial charge in [-0.15, -0.1) is 0 Å². The van der Waals surface area contributed by atoms with Crippen LogP contribution in [0.25, 0.3) is 0 Å². The molecule has 1 aromatic carbocycles. The molecule has 0 bridgehead atoms. The Labute approximate surface area is 135 Å². The number of halogens is 2. The molecule has 21 heavy (non-hydrogen) atoms. The Morgan fingerprint density at radius 3 is 2.62 bits per heavy atom. The zero-order chi connectivity index (χ0) is 15.4. The molecular formula is C15H20Cl2N2O2. The number of nitrogens with zero attached hydrogens (tertiary/aromatic N) is 1. The fourth-order valence-electron chi connectivity index (χ4n) is 2.48. The lowest BCUT2D eigenvalue weighted by Crippen LogP contribution is -2.44. The van der Waals surface area contributed by atoms with Crippen molar-refractivity contribution in [3.05, 3.63) is 28.2 Å². The Balaban J connectivity index is 1.81. The van der Waals surface area contributed by atoms with Crippen LogP contribution in [-0.4, -0.2) is 36.5 Å².